The standard InChI is InChI=1S/C23H33N3O5/c1-23(2,3)31-22(29)25-11-10-24-20(27)17-8-6-12-26(14-17)21(28)18-13-16-7-4-5-9-19(16)30-15-18/h4-5,7,9,17-18H,6,8,10-15H2,1-3H3,(H,24,27)(H,25,29). The highest BCUT2D eigenvalue weighted by atomic mass is 16.6. The highest BCUT2D eigenvalue weighted by Gasteiger charge is 2.34. The lowest BCUT2D eigenvalue weighted by Gasteiger charge is -2.35. The van der Waals surface area contributed by atoms with Crippen molar-refractivity contribution in [1.29, 1.82) is 0 Å². The van der Waals surface area contributed by atoms with Gasteiger partial charge in [0.05, 0.1) is 11.8 Å². The van der Waals surface area contributed by atoms with Gasteiger partial charge in [0.25, 0.3) is 0 Å². The Morgan fingerprint density at radius 2 is 1.87 bits per heavy atom. The van der Waals surface area contributed by atoms with E-state index in [2.05, 4.69) is 10.6 Å². The number of amides is 3. The summed E-state index contributed by atoms with van der Waals surface area (Å²) < 4.78 is 10.9. The zero-order valence-electron chi connectivity index (χ0n) is 18.6. The lowest BCUT2D eigenvalue weighted by molar-refractivity contribution is -0.140. The van der Waals surface area contributed by atoms with Crippen molar-refractivity contribution in [3.05, 3.63) is 29.8 Å². The maximum absolute atomic E-state index is 13.0. The predicted molar refractivity (Wildman–Crippen MR) is 116 cm³/mol. The molecule has 2 atom stereocenters. The Kier molecular flexibility index (Phi) is 7.41. The van der Waals surface area contributed by atoms with Crippen LogP contribution in [0.5, 0.6) is 5.75 Å². The lowest BCUT2D eigenvalue weighted by atomic mass is 9.92. The summed E-state index contributed by atoms with van der Waals surface area (Å²) in [5.41, 5.74) is 0.493. The van der Waals surface area contributed by atoms with Gasteiger partial charge in [-0.3, -0.25) is 9.59 Å². The minimum absolute atomic E-state index is 0.0543. The van der Waals surface area contributed by atoms with Crippen molar-refractivity contribution in [3.63, 3.8) is 0 Å². The normalized spacial score (nSPS) is 20.8. The Bertz CT molecular complexity index is 805. The van der Waals surface area contributed by atoms with Crippen LogP contribution < -0.4 is 15.4 Å². The van der Waals surface area contributed by atoms with E-state index in [4.69, 9.17) is 9.47 Å². The number of benzene rings is 1. The van der Waals surface area contributed by atoms with E-state index in [9.17, 15) is 14.4 Å². The van der Waals surface area contributed by atoms with E-state index in [1.54, 1.807) is 25.7 Å². The average Bonchev–Trinajstić information content (AvgIpc) is 2.74. The van der Waals surface area contributed by atoms with Crippen LogP contribution in [0.3, 0.4) is 0 Å². The molecule has 3 amide bonds. The maximum Gasteiger partial charge on any atom is 0.407 e. The van der Waals surface area contributed by atoms with Gasteiger partial charge < -0.3 is 25.0 Å². The SMILES string of the molecule is CC(C)(C)OC(=O)NCCNC(=O)C1CCCN(C(=O)C2COc3ccccc3C2)C1. The molecule has 1 saturated heterocycles. The van der Waals surface area contributed by atoms with Gasteiger partial charge in [-0.2, -0.15) is 0 Å². The molecule has 2 aliphatic rings. The van der Waals surface area contributed by atoms with Crippen molar-refractivity contribution < 1.29 is 23.9 Å². The van der Waals surface area contributed by atoms with Gasteiger partial charge in [0.2, 0.25) is 11.8 Å². The van der Waals surface area contributed by atoms with Crippen LogP contribution in [0, 0.1) is 11.8 Å². The largest absolute Gasteiger partial charge is 0.492 e. The fourth-order valence-corrected chi connectivity index (χ4v) is 3.94. The molecule has 2 heterocycles. The molecule has 1 aromatic rings. The molecule has 0 bridgehead atoms. The Morgan fingerprint density at radius 3 is 2.65 bits per heavy atom. The van der Waals surface area contributed by atoms with E-state index in [0.29, 0.717) is 32.7 Å². The Labute approximate surface area is 183 Å². The van der Waals surface area contributed by atoms with Crippen molar-refractivity contribution in [3.8, 4) is 5.75 Å². The van der Waals surface area contributed by atoms with Crippen LogP contribution in [0.2, 0.25) is 0 Å². The second kappa shape index (κ2) is 10.0. The number of hydrogen-bond donors (Lipinski definition) is 2. The molecule has 31 heavy (non-hydrogen) atoms. The number of piperidine rings is 1. The molecule has 0 aromatic heterocycles. The number of nitrogens with zero attached hydrogens (tertiary/aromatic N) is 1. The summed E-state index contributed by atoms with van der Waals surface area (Å²) in [6, 6.07) is 7.80. The minimum Gasteiger partial charge on any atom is -0.492 e. The van der Waals surface area contributed by atoms with E-state index in [1.807, 2.05) is 24.3 Å². The van der Waals surface area contributed by atoms with Gasteiger partial charge in [0.1, 0.15) is 18.0 Å². The quantitative estimate of drug-likeness (QED) is 0.696. The molecule has 2 unspecified atom stereocenters. The highest BCUT2D eigenvalue weighted by molar-refractivity contribution is 5.83. The first-order chi connectivity index (χ1) is 14.7. The molecule has 2 aliphatic heterocycles. The lowest BCUT2D eigenvalue weighted by Crippen LogP contribution is -2.49. The molecule has 1 fully saturated rings. The second-order valence-electron chi connectivity index (χ2n) is 9.16. The monoisotopic (exact) mass is 431 g/mol. The van der Waals surface area contributed by atoms with Crippen molar-refractivity contribution >= 4 is 17.9 Å². The molecule has 0 spiro atoms. The number of para-hydroxylation sites is 1. The van der Waals surface area contributed by atoms with Crippen molar-refractivity contribution in [2.24, 2.45) is 11.8 Å². The van der Waals surface area contributed by atoms with Crippen LogP contribution in [0.15, 0.2) is 24.3 Å². The molecule has 0 aliphatic carbocycles. The zero-order chi connectivity index (χ0) is 22.4. The van der Waals surface area contributed by atoms with E-state index >= 15 is 0 Å². The molecular weight excluding hydrogens is 398 g/mol. The Balaban J connectivity index is 1.43. The molecule has 0 saturated carbocycles. The van der Waals surface area contributed by atoms with Gasteiger partial charge in [-0.1, -0.05) is 18.2 Å². The molecule has 1 aromatic carbocycles. The number of nitrogens with one attached hydrogen (secondary N) is 2. The van der Waals surface area contributed by atoms with E-state index in [0.717, 1.165) is 24.2 Å². The molecular formula is C23H33N3O5. The molecule has 0 radical (unpaired) electrons. The van der Waals surface area contributed by atoms with Crippen LogP contribution in [-0.2, 0) is 20.7 Å². The van der Waals surface area contributed by atoms with Gasteiger partial charge in [0.15, 0.2) is 0 Å². The van der Waals surface area contributed by atoms with E-state index in [1.165, 1.54) is 0 Å². The molecule has 8 nitrogen and oxygen atoms in total. The molecule has 170 valence electrons. The highest BCUT2D eigenvalue weighted by Crippen LogP contribution is 2.29. The number of rotatable bonds is 5. The Hall–Kier alpha value is -2.77. The number of carbonyl (C=O) groups is 3. The summed E-state index contributed by atoms with van der Waals surface area (Å²) in [5, 5.41) is 5.47. The zero-order valence-corrected chi connectivity index (χ0v) is 18.6. The third-order valence-corrected chi connectivity index (χ3v) is 5.42. The predicted octanol–water partition coefficient (Wildman–Crippen LogP) is 2.12. The summed E-state index contributed by atoms with van der Waals surface area (Å²) >= 11 is 0. The van der Waals surface area contributed by atoms with Gasteiger partial charge in [-0.25, -0.2) is 4.79 Å². The summed E-state index contributed by atoms with van der Waals surface area (Å²) in [7, 11) is 0. The number of alkyl carbamates (subject to hydrolysis) is 1. The first-order valence-corrected chi connectivity index (χ1v) is 11.0. The fourth-order valence-electron chi connectivity index (χ4n) is 3.94. The minimum atomic E-state index is -0.559. The summed E-state index contributed by atoms with van der Waals surface area (Å²) in [5.74, 6) is 0.362. The molecule has 2 N–H and O–H groups in total. The van der Waals surface area contributed by atoms with Gasteiger partial charge in [0, 0.05) is 26.2 Å². The van der Waals surface area contributed by atoms with Gasteiger partial charge in [-0.15, -0.1) is 0 Å². The fraction of sp³-hybridized carbons (Fsp3) is 0.609. The first kappa shape index (κ1) is 22.9. The Morgan fingerprint density at radius 1 is 1.13 bits per heavy atom. The summed E-state index contributed by atoms with van der Waals surface area (Å²) in [4.78, 5) is 39.0. The van der Waals surface area contributed by atoms with Crippen LogP contribution in [0.1, 0.15) is 39.2 Å². The number of ether oxygens (including phenoxy) is 2. The average molecular weight is 432 g/mol. The smallest absolute Gasteiger partial charge is 0.407 e. The maximum atomic E-state index is 13.0. The third-order valence-electron chi connectivity index (χ3n) is 5.42. The number of likely N-dealkylation sites (tertiary alicyclic amines) is 1. The van der Waals surface area contributed by atoms with Gasteiger partial charge >= 0.3 is 6.09 Å². The van der Waals surface area contributed by atoms with Crippen LogP contribution >= 0.6 is 0 Å². The van der Waals surface area contributed by atoms with Crippen molar-refractivity contribution in [1.82, 2.24) is 15.5 Å². The number of hydrogen-bond acceptors (Lipinski definition) is 5. The third kappa shape index (κ3) is 6.60. The molecule has 3 rings (SSSR count). The van der Waals surface area contributed by atoms with E-state index in [-0.39, 0.29) is 30.2 Å². The van der Waals surface area contributed by atoms with Crippen molar-refractivity contribution in [2.75, 3.05) is 32.8 Å². The first-order valence-electron chi connectivity index (χ1n) is 11.0. The van der Waals surface area contributed by atoms with Gasteiger partial charge in [-0.05, 0) is 51.7 Å². The summed E-state index contributed by atoms with van der Waals surface area (Å²) in [6.45, 7) is 7.45. The van der Waals surface area contributed by atoms with Crippen LogP contribution in [-0.4, -0.2) is 61.2 Å². The van der Waals surface area contributed by atoms with Crippen LogP contribution in [0.25, 0.3) is 0 Å². The summed E-state index contributed by atoms with van der Waals surface area (Å²) in [6.07, 6.45) is 1.70. The number of fused-ring (bicyclic) bond motifs is 1. The molecule has 8 heteroatoms. The second-order valence-corrected chi connectivity index (χ2v) is 9.16. The van der Waals surface area contributed by atoms with Crippen molar-refractivity contribution in [2.45, 2.75) is 45.6 Å². The topological polar surface area (TPSA) is 97.0 Å². The van der Waals surface area contributed by atoms with Crippen LogP contribution in [0.4, 0.5) is 4.79 Å². The number of carbonyl (C=O) groups excluding carboxylic acids is 3. The van der Waals surface area contributed by atoms with E-state index < -0.39 is 11.7 Å².